The predicted octanol–water partition coefficient (Wildman–Crippen LogP) is 4.72. The lowest BCUT2D eigenvalue weighted by atomic mass is 10.0. The zero-order valence-electron chi connectivity index (χ0n) is 21.8. The Kier molecular flexibility index (Phi) is 7.82. The van der Waals surface area contributed by atoms with Gasteiger partial charge in [-0.15, -0.1) is 0 Å². The van der Waals surface area contributed by atoms with E-state index in [4.69, 9.17) is 9.47 Å². The van der Waals surface area contributed by atoms with Gasteiger partial charge in [0.15, 0.2) is 0 Å². The van der Waals surface area contributed by atoms with Crippen LogP contribution in [-0.4, -0.2) is 60.3 Å². The van der Waals surface area contributed by atoms with Crippen LogP contribution in [0.15, 0.2) is 53.0 Å². The lowest BCUT2D eigenvalue weighted by Crippen LogP contribution is -2.57. The SMILES string of the molecule is COc1ccc2cc(Br)ccc2c1CN1C(=O)[C@@H](NC(=O)[C@H](C)N(C)C(=O)O)[C@H](C)Oc2cc(C)ccc21. The third-order valence-corrected chi connectivity index (χ3v) is 7.36. The number of methoxy groups -OCH3 is 1. The van der Waals surface area contributed by atoms with Crippen LogP contribution in [0, 0.1) is 6.92 Å². The second-order valence-electron chi connectivity index (χ2n) is 9.39. The van der Waals surface area contributed by atoms with Crippen molar-refractivity contribution in [3.8, 4) is 11.5 Å². The van der Waals surface area contributed by atoms with Gasteiger partial charge in [-0.1, -0.05) is 34.1 Å². The third kappa shape index (κ3) is 5.26. The van der Waals surface area contributed by atoms with E-state index in [1.54, 1.807) is 18.9 Å². The summed E-state index contributed by atoms with van der Waals surface area (Å²) in [6.45, 7) is 5.26. The van der Waals surface area contributed by atoms with Crippen LogP contribution in [0.5, 0.6) is 11.5 Å². The van der Waals surface area contributed by atoms with Crippen LogP contribution in [0.4, 0.5) is 10.5 Å². The predicted molar refractivity (Wildman–Crippen MR) is 148 cm³/mol. The minimum atomic E-state index is -1.25. The molecule has 3 amide bonds. The van der Waals surface area contributed by atoms with Gasteiger partial charge >= 0.3 is 6.09 Å². The maximum absolute atomic E-state index is 14.1. The van der Waals surface area contributed by atoms with Crippen molar-refractivity contribution in [1.82, 2.24) is 10.2 Å². The Morgan fingerprint density at radius 1 is 1.21 bits per heavy atom. The number of nitrogens with zero attached hydrogens (tertiary/aromatic N) is 2. The molecule has 1 aliphatic heterocycles. The normalized spacial score (nSPS) is 17.7. The highest BCUT2D eigenvalue weighted by atomic mass is 79.9. The van der Waals surface area contributed by atoms with Crippen LogP contribution in [0.3, 0.4) is 0 Å². The molecule has 3 aromatic carbocycles. The molecule has 38 heavy (non-hydrogen) atoms. The van der Waals surface area contributed by atoms with E-state index in [0.717, 1.165) is 31.3 Å². The maximum Gasteiger partial charge on any atom is 0.407 e. The molecule has 0 aromatic heterocycles. The summed E-state index contributed by atoms with van der Waals surface area (Å²) in [6, 6.07) is 13.2. The summed E-state index contributed by atoms with van der Waals surface area (Å²) in [4.78, 5) is 41.0. The van der Waals surface area contributed by atoms with Crippen LogP contribution < -0.4 is 19.7 Å². The molecule has 9 nitrogen and oxygen atoms in total. The molecule has 0 saturated heterocycles. The molecule has 0 fully saturated rings. The lowest BCUT2D eigenvalue weighted by Gasteiger charge is -2.29. The van der Waals surface area contributed by atoms with E-state index >= 15 is 0 Å². The summed E-state index contributed by atoms with van der Waals surface area (Å²) >= 11 is 3.51. The van der Waals surface area contributed by atoms with Crippen LogP contribution in [0.25, 0.3) is 10.8 Å². The Balaban J connectivity index is 1.79. The Bertz CT molecular complexity index is 1410. The number of hydrogen-bond acceptors (Lipinski definition) is 5. The molecule has 0 spiro atoms. The molecule has 2 N–H and O–H groups in total. The number of carbonyl (C=O) groups excluding carboxylic acids is 2. The summed E-state index contributed by atoms with van der Waals surface area (Å²) in [5.74, 6) is 0.158. The van der Waals surface area contributed by atoms with Crippen molar-refractivity contribution in [2.24, 2.45) is 0 Å². The number of ether oxygens (including phenoxy) is 2. The summed E-state index contributed by atoms with van der Waals surface area (Å²) in [5, 5.41) is 13.9. The number of aryl methyl sites for hydroxylation is 1. The van der Waals surface area contributed by atoms with Gasteiger partial charge in [-0.3, -0.25) is 14.5 Å². The molecule has 1 heterocycles. The summed E-state index contributed by atoms with van der Waals surface area (Å²) < 4.78 is 12.8. The molecule has 0 radical (unpaired) electrons. The van der Waals surface area contributed by atoms with E-state index in [1.807, 2.05) is 55.5 Å². The van der Waals surface area contributed by atoms with E-state index < -0.39 is 30.2 Å². The average molecular weight is 584 g/mol. The van der Waals surface area contributed by atoms with E-state index in [0.29, 0.717) is 17.2 Å². The monoisotopic (exact) mass is 583 g/mol. The van der Waals surface area contributed by atoms with Gasteiger partial charge in [0.25, 0.3) is 5.91 Å². The number of anilines is 1. The summed E-state index contributed by atoms with van der Waals surface area (Å²) in [6.07, 6.45) is -1.96. The van der Waals surface area contributed by atoms with Gasteiger partial charge in [-0.25, -0.2) is 4.79 Å². The van der Waals surface area contributed by atoms with Crippen molar-refractivity contribution in [2.75, 3.05) is 19.1 Å². The lowest BCUT2D eigenvalue weighted by molar-refractivity contribution is -0.131. The minimum Gasteiger partial charge on any atom is -0.496 e. The van der Waals surface area contributed by atoms with Gasteiger partial charge in [0.2, 0.25) is 5.91 Å². The van der Waals surface area contributed by atoms with Crippen LogP contribution >= 0.6 is 15.9 Å². The highest BCUT2D eigenvalue weighted by Gasteiger charge is 2.39. The van der Waals surface area contributed by atoms with Gasteiger partial charge in [0, 0.05) is 17.1 Å². The number of amides is 3. The zero-order chi connectivity index (χ0) is 27.7. The molecular weight excluding hydrogens is 554 g/mol. The molecule has 0 unspecified atom stereocenters. The molecule has 3 atom stereocenters. The fraction of sp³-hybridized carbons (Fsp3) is 0.321. The summed E-state index contributed by atoms with van der Waals surface area (Å²) in [7, 11) is 2.89. The second-order valence-corrected chi connectivity index (χ2v) is 10.3. The number of halogens is 1. The van der Waals surface area contributed by atoms with Gasteiger partial charge in [-0.05, 0) is 67.4 Å². The van der Waals surface area contributed by atoms with Crippen LogP contribution in [0.2, 0.25) is 0 Å². The Hall–Kier alpha value is -3.79. The smallest absolute Gasteiger partial charge is 0.407 e. The van der Waals surface area contributed by atoms with E-state index in [2.05, 4.69) is 21.2 Å². The highest BCUT2D eigenvalue weighted by Crippen LogP contribution is 2.38. The Labute approximate surface area is 229 Å². The Morgan fingerprint density at radius 3 is 2.63 bits per heavy atom. The number of nitrogens with one attached hydrogen (secondary N) is 1. The fourth-order valence-electron chi connectivity index (χ4n) is 4.51. The first kappa shape index (κ1) is 27.3. The number of likely N-dealkylation sites (N-methyl/N-ethyl adjacent to an activating group) is 1. The van der Waals surface area contributed by atoms with Crippen molar-refractivity contribution < 1.29 is 29.0 Å². The Morgan fingerprint density at radius 2 is 1.95 bits per heavy atom. The topological polar surface area (TPSA) is 108 Å². The molecule has 200 valence electrons. The largest absolute Gasteiger partial charge is 0.496 e. The molecule has 10 heteroatoms. The number of rotatable bonds is 6. The number of carboxylic acid groups (broad SMARTS) is 1. The molecule has 4 rings (SSSR count). The van der Waals surface area contributed by atoms with Gasteiger partial charge in [0.05, 0.1) is 19.3 Å². The van der Waals surface area contributed by atoms with Crippen molar-refractivity contribution in [2.45, 2.75) is 45.5 Å². The highest BCUT2D eigenvalue weighted by molar-refractivity contribution is 9.10. The molecular formula is C28H30BrN3O6. The second kappa shape index (κ2) is 10.9. The standard InChI is InChI=1S/C28H30BrN3O6/c1-15-6-10-22-24(12-15)38-17(3)25(30-26(33)16(2)31(4)28(35)36)27(34)32(22)14-21-20-9-8-19(29)13-18(20)7-11-23(21)37-5/h6-13,16-17,25H,14H2,1-5H3,(H,30,33)(H,35,36)/t16-,17-,25-/m0/s1. The first-order valence-electron chi connectivity index (χ1n) is 12.1. The molecule has 0 saturated carbocycles. The van der Waals surface area contributed by atoms with Crippen molar-refractivity contribution in [1.29, 1.82) is 0 Å². The third-order valence-electron chi connectivity index (χ3n) is 6.87. The fourth-order valence-corrected chi connectivity index (χ4v) is 4.89. The maximum atomic E-state index is 14.1. The number of carbonyl (C=O) groups is 3. The van der Waals surface area contributed by atoms with Crippen molar-refractivity contribution in [3.05, 3.63) is 64.1 Å². The number of fused-ring (bicyclic) bond motifs is 2. The van der Waals surface area contributed by atoms with Crippen molar-refractivity contribution >= 4 is 50.3 Å². The quantitative estimate of drug-likeness (QED) is 0.435. The zero-order valence-corrected chi connectivity index (χ0v) is 23.4. The van der Waals surface area contributed by atoms with Gasteiger partial charge in [0.1, 0.15) is 29.7 Å². The minimum absolute atomic E-state index is 0.157. The number of hydrogen-bond donors (Lipinski definition) is 2. The van der Waals surface area contributed by atoms with Crippen molar-refractivity contribution in [3.63, 3.8) is 0 Å². The molecule has 3 aromatic rings. The molecule has 0 bridgehead atoms. The van der Waals surface area contributed by atoms with E-state index in [-0.39, 0.29) is 12.5 Å². The van der Waals surface area contributed by atoms with Crippen LogP contribution in [0.1, 0.15) is 25.0 Å². The van der Waals surface area contributed by atoms with Gasteiger partial charge in [-0.2, -0.15) is 0 Å². The average Bonchev–Trinajstić information content (AvgIpc) is 2.97. The molecule has 0 aliphatic carbocycles. The first-order valence-corrected chi connectivity index (χ1v) is 12.9. The number of benzene rings is 3. The summed E-state index contributed by atoms with van der Waals surface area (Å²) in [5.41, 5.74) is 2.32. The van der Waals surface area contributed by atoms with E-state index in [1.165, 1.54) is 14.0 Å². The van der Waals surface area contributed by atoms with E-state index in [9.17, 15) is 19.5 Å². The molecule has 1 aliphatic rings. The van der Waals surface area contributed by atoms with Gasteiger partial charge < -0.3 is 24.8 Å². The first-order chi connectivity index (χ1) is 18.0. The van der Waals surface area contributed by atoms with Crippen LogP contribution in [-0.2, 0) is 16.1 Å².